The third kappa shape index (κ3) is 7.30. The first-order valence-electron chi connectivity index (χ1n) is 12.4. The van der Waals surface area contributed by atoms with Gasteiger partial charge in [-0.3, -0.25) is 9.69 Å². The van der Waals surface area contributed by atoms with Crippen LogP contribution in [0.5, 0.6) is 5.75 Å². The van der Waals surface area contributed by atoms with Crippen LogP contribution in [-0.2, 0) is 6.54 Å². The third-order valence-electron chi connectivity index (χ3n) is 6.56. The predicted octanol–water partition coefficient (Wildman–Crippen LogP) is 4.63. The van der Waals surface area contributed by atoms with Crippen LogP contribution in [0.3, 0.4) is 0 Å². The molecule has 1 aliphatic rings. The molecule has 8 heteroatoms. The van der Waals surface area contributed by atoms with Gasteiger partial charge in [0.15, 0.2) is 0 Å². The second-order valence-electron chi connectivity index (χ2n) is 9.21. The van der Waals surface area contributed by atoms with Gasteiger partial charge in [-0.2, -0.15) is 0 Å². The predicted molar refractivity (Wildman–Crippen MR) is 142 cm³/mol. The van der Waals surface area contributed by atoms with E-state index in [0.29, 0.717) is 44.0 Å². The number of halogens is 1. The van der Waals surface area contributed by atoms with Gasteiger partial charge in [0.05, 0.1) is 7.11 Å². The van der Waals surface area contributed by atoms with Crippen LogP contribution in [0, 0.1) is 12.7 Å². The molecule has 37 heavy (non-hydrogen) atoms. The Balaban J connectivity index is 1.34. The van der Waals surface area contributed by atoms with Crippen molar-refractivity contribution in [3.05, 3.63) is 95.3 Å². The molecule has 0 unspecified atom stereocenters. The van der Waals surface area contributed by atoms with Crippen LogP contribution in [0.4, 0.5) is 14.9 Å². The molecule has 194 valence electrons. The molecule has 0 saturated carbocycles. The largest absolute Gasteiger partial charge is 0.497 e. The van der Waals surface area contributed by atoms with E-state index >= 15 is 0 Å². The van der Waals surface area contributed by atoms with E-state index in [1.807, 2.05) is 36.1 Å². The van der Waals surface area contributed by atoms with Crippen LogP contribution in [0.25, 0.3) is 0 Å². The summed E-state index contributed by atoms with van der Waals surface area (Å²) in [6, 6.07) is 20.9. The van der Waals surface area contributed by atoms with Crippen molar-refractivity contribution in [2.45, 2.75) is 13.5 Å². The zero-order valence-electron chi connectivity index (χ0n) is 21.3. The van der Waals surface area contributed by atoms with E-state index in [0.717, 1.165) is 29.9 Å². The molecule has 4 rings (SSSR count). The first-order chi connectivity index (χ1) is 17.9. The number of carbonyl (C=O) groups excluding carboxylic acids is 2. The summed E-state index contributed by atoms with van der Waals surface area (Å²) in [7, 11) is 1.59. The molecule has 1 N–H and O–H groups in total. The Morgan fingerprint density at radius 3 is 2.19 bits per heavy atom. The second kappa shape index (κ2) is 12.4. The van der Waals surface area contributed by atoms with Gasteiger partial charge in [-0.15, -0.1) is 0 Å². The van der Waals surface area contributed by atoms with Gasteiger partial charge in [0.1, 0.15) is 11.6 Å². The monoisotopic (exact) mass is 504 g/mol. The molecule has 3 aromatic rings. The Bertz CT molecular complexity index is 1180. The SMILES string of the molecule is COc1ccc(C(=O)N(CCN2CCN(C(=O)Nc3ccc(C)cc3)CC2)Cc2ccc(F)cc2)cc1. The van der Waals surface area contributed by atoms with Crippen LogP contribution < -0.4 is 10.1 Å². The Kier molecular flexibility index (Phi) is 8.74. The second-order valence-corrected chi connectivity index (χ2v) is 9.21. The number of piperazine rings is 1. The highest BCUT2D eigenvalue weighted by Crippen LogP contribution is 2.16. The van der Waals surface area contributed by atoms with E-state index in [4.69, 9.17) is 4.74 Å². The summed E-state index contributed by atoms with van der Waals surface area (Å²) in [5.74, 6) is 0.287. The summed E-state index contributed by atoms with van der Waals surface area (Å²) in [5.41, 5.74) is 3.36. The van der Waals surface area contributed by atoms with E-state index in [-0.39, 0.29) is 17.8 Å². The third-order valence-corrected chi connectivity index (χ3v) is 6.56. The summed E-state index contributed by atoms with van der Waals surface area (Å²) in [6.45, 7) is 6.25. The standard InChI is InChI=1S/C29H33FN4O3/c1-22-3-11-26(12-4-22)31-29(36)33-18-15-32(16-19-33)17-20-34(21-23-5-9-25(30)10-6-23)28(35)24-7-13-27(37-2)14-8-24/h3-14H,15-21H2,1-2H3,(H,31,36). The van der Waals surface area contributed by atoms with Crippen LogP contribution in [0.2, 0.25) is 0 Å². The summed E-state index contributed by atoms with van der Waals surface area (Å²) < 4.78 is 18.6. The molecule has 0 radical (unpaired) electrons. The van der Waals surface area contributed by atoms with E-state index in [1.54, 1.807) is 48.4 Å². The van der Waals surface area contributed by atoms with Gasteiger partial charge in [-0.25, -0.2) is 9.18 Å². The number of aryl methyl sites for hydroxylation is 1. The fourth-order valence-electron chi connectivity index (χ4n) is 4.25. The average molecular weight is 505 g/mol. The van der Waals surface area contributed by atoms with Gasteiger partial charge >= 0.3 is 6.03 Å². The first kappa shape index (κ1) is 26.2. The molecule has 0 aromatic heterocycles. The van der Waals surface area contributed by atoms with E-state index in [1.165, 1.54) is 12.1 Å². The minimum atomic E-state index is -0.305. The highest BCUT2D eigenvalue weighted by Gasteiger charge is 2.23. The maximum atomic E-state index is 13.4. The van der Waals surface area contributed by atoms with E-state index in [2.05, 4.69) is 10.2 Å². The molecule has 0 atom stereocenters. The molecule has 1 aliphatic heterocycles. The molecule has 3 amide bonds. The number of amides is 3. The van der Waals surface area contributed by atoms with Crippen molar-refractivity contribution in [1.82, 2.24) is 14.7 Å². The molecule has 3 aromatic carbocycles. The van der Waals surface area contributed by atoms with Crippen LogP contribution in [-0.4, -0.2) is 73.0 Å². The number of rotatable bonds is 8. The maximum absolute atomic E-state index is 13.4. The molecular formula is C29H33FN4O3. The lowest BCUT2D eigenvalue weighted by Crippen LogP contribution is -2.51. The quantitative estimate of drug-likeness (QED) is 0.486. The minimum absolute atomic E-state index is 0.0944. The van der Waals surface area contributed by atoms with Gasteiger partial charge in [-0.1, -0.05) is 29.8 Å². The number of nitrogens with zero attached hydrogens (tertiary/aromatic N) is 3. The highest BCUT2D eigenvalue weighted by atomic mass is 19.1. The Morgan fingerprint density at radius 2 is 1.57 bits per heavy atom. The molecule has 1 saturated heterocycles. The van der Waals surface area contributed by atoms with Crippen LogP contribution in [0.15, 0.2) is 72.8 Å². The minimum Gasteiger partial charge on any atom is -0.497 e. The number of carbonyl (C=O) groups is 2. The lowest BCUT2D eigenvalue weighted by Gasteiger charge is -2.36. The molecule has 0 spiro atoms. The molecule has 0 aliphatic carbocycles. The van der Waals surface area contributed by atoms with Gasteiger partial charge in [0, 0.05) is 57.1 Å². The summed E-state index contributed by atoms with van der Waals surface area (Å²) >= 11 is 0. The van der Waals surface area contributed by atoms with Gasteiger partial charge in [-0.05, 0) is 61.0 Å². The number of hydrogen-bond donors (Lipinski definition) is 1. The van der Waals surface area contributed by atoms with Crippen molar-refractivity contribution in [3.8, 4) is 5.75 Å². The molecular weight excluding hydrogens is 471 g/mol. The Labute approximate surface area is 217 Å². The fraction of sp³-hybridized carbons (Fsp3) is 0.310. The Morgan fingerprint density at radius 1 is 0.919 bits per heavy atom. The molecule has 7 nitrogen and oxygen atoms in total. The highest BCUT2D eigenvalue weighted by molar-refractivity contribution is 5.94. The zero-order valence-corrected chi connectivity index (χ0v) is 21.3. The topological polar surface area (TPSA) is 65.1 Å². The van der Waals surface area contributed by atoms with Gasteiger partial charge in [0.2, 0.25) is 0 Å². The first-order valence-corrected chi connectivity index (χ1v) is 12.4. The average Bonchev–Trinajstić information content (AvgIpc) is 2.93. The van der Waals surface area contributed by atoms with Crippen molar-refractivity contribution in [2.24, 2.45) is 0 Å². The molecule has 1 fully saturated rings. The lowest BCUT2D eigenvalue weighted by molar-refractivity contribution is 0.0704. The van der Waals surface area contributed by atoms with E-state index < -0.39 is 0 Å². The number of benzene rings is 3. The number of methoxy groups -OCH3 is 1. The lowest BCUT2D eigenvalue weighted by atomic mass is 10.1. The van der Waals surface area contributed by atoms with Crippen molar-refractivity contribution in [3.63, 3.8) is 0 Å². The zero-order chi connectivity index (χ0) is 26.2. The summed E-state index contributed by atoms with van der Waals surface area (Å²) in [6.07, 6.45) is 0. The summed E-state index contributed by atoms with van der Waals surface area (Å²) in [4.78, 5) is 31.9. The smallest absolute Gasteiger partial charge is 0.321 e. The van der Waals surface area contributed by atoms with Crippen molar-refractivity contribution < 1.29 is 18.7 Å². The molecule has 0 bridgehead atoms. The van der Waals surface area contributed by atoms with Crippen LogP contribution >= 0.6 is 0 Å². The number of hydrogen-bond acceptors (Lipinski definition) is 4. The van der Waals surface area contributed by atoms with Crippen molar-refractivity contribution in [1.29, 1.82) is 0 Å². The van der Waals surface area contributed by atoms with Crippen molar-refractivity contribution in [2.75, 3.05) is 51.7 Å². The van der Waals surface area contributed by atoms with Gasteiger partial charge in [0.25, 0.3) is 5.91 Å². The fourth-order valence-corrected chi connectivity index (χ4v) is 4.25. The maximum Gasteiger partial charge on any atom is 0.321 e. The number of anilines is 1. The summed E-state index contributed by atoms with van der Waals surface area (Å²) in [5, 5.41) is 2.96. The Hall–Kier alpha value is -3.91. The van der Waals surface area contributed by atoms with Crippen molar-refractivity contribution >= 4 is 17.6 Å². The van der Waals surface area contributed by atoms with E-state index in [9.17, 15) is 14.0 Å². The van der Waals surface area contributed by atoms with Gasteiger partial charge < -0.3 is 19.9 Å². The normalized spacial score (nSPS) is 13.8. The number of nitrogens with one attached hydrogen (secondary N) is 1. The molecule has 1 heterocycles. The number of ether oxygens (including phenoxy) is 1. The number of urea groups is 1. The van der Waals surface area contributed by atoms with Crippen LogP contribution in [0.1, 0.15) is 21.5 Å².